The molecule has 10 nitrogen and oxygen atoms in total. The van der Waals surface area contributed by atoms with Gasteiger partial charge in [0.2, 0.25) is 0 Å². The fourth-order valence-electron chi connectivity index (χ4n) is 5.94. The van der Waals surface area contributed by atoms with Gasteiger partial charge in [0, 0.05) is 48.4 Å². The van der Waals surface area contributed by atoms with Crippen LogP contribution in [0.25, 0.3) is 17.0 Å². The minimum atomic E-state index is -0.657. The van der Waals surface area contributed by atoms with Crippen LogP contribution in [-0.2, 0) is 4.74 Å². The molecule has 2 aromatic rings. The summed E-state index contributed by atoms with van der Waals surface area (Å²) in [7, 11) is 1.77. The number of nitrogens with zero attached hydrogens (tertiary/aromatic N) is 4. The molecule has 0 radical (unpaired) electrons. The largest absolute Gasteiger partial charge is 0.512 e. The maximum Gasteiger partial charge on any atom is 0.163 e. The molecule has 4 N–H and O–H groups in total. The van der Waals surface area contributed by atoms with Crippen molar-refractivity contribution in [3.05, 3.63) is 40.2 Å². The predicted molar refractivity (Wildman–Crippen MR) is 157 cm³/mol. The molecule has 3 aliphatic rings. The summed E-state index contributed by atoms with van der Waals surface area (Å²) >= 11 is 6.66. The van der Waals surface area contributed by atoms with Crippen LogP contribution < -0.4 is 15.0 Å². The minimum Gasteiger partial charge on any atom is -0.512 e. The van der Waals surface area contributed by atoms with Crippen molar-refractivity contribution in [3.63, 3.8) is 0 Å². The Balaban J connectivity index is 1.48. The standard InChI is InChI=1S/C29H39ClN6O4/c1-17-26(25(18(2)31)19(3)37)33-27(23-9-22(5-6-24(23)30)40-13-21(38)10-32-4)34-28(17)36-15-29(16-36)7-8-35(14-29)20-11-39-12-20/h5-6,9,20-21,31-32,37-38H,7-8,10-16H2,1-4H3/b25-19+,31-18?/t21-/m1/s1. The zero-order valence-corrected chi connectivity index (χ0v) is 24.4. The molecule has 0 saturated carbocycles. The average molecular weight is 571 g/mol. The highest BCUT2D eigenvalue weighted by Crippen LogP contribution is 2.44. The average Bonchev–Trinajstić information content (AvgIpc) is 3.28. The SMILES string of the molecule is CNC[C@@H](O)COc1ccc(Cl)c(-c2nc(/C(C(C)=N)=C(\C)O)c(C)c(N3CC4(CCN(C5COC5)C4)C3)n2)c1. The first-order chi connectivity index (χ1) is 19.1. The number of likely N-dealkylation sites (tertiary alicyclic amines) is 1. The Bertz CT molecular complexity index is 1300. The van der Waals surface area contributed by atoms with Crippen molar-refractivity contribution in [2.45, 2.75) is 39.3 Å². The van der Waals surface area contributed by atoms with Gasteiger partial charge < -0.3 is 35.3 Å². The molecule has 40 heavy (non-hydrogen) atoms. The third-order valence-electron chi connectivity index (χ3n) is 8.11. The van der Waals surface area contributed by atoms with Crippen molar-refractivity contribution in [2.24, 2.45) is 5.41 Å². The lowest BCUT2D eigenvalue weighted by Crippen LogP contribution is -2.59. The number of hydrogen-bond donors (Lipinski definition) is 4. The van der Waals surface area contributed by atoms with Crippen LogP contribution in [-0.4, -0.2) is 103 Å². The topological polar surface area (TPSA) is 127 Å². The lowest BCUT2D eigenvalue weighted by atomic mass is 9.78. The van der Waals surface area contributed by atoms with Gasteiger partial charge in [-0.25, -0.2) is 9.97 Å². The molecule has 0 aliphatic carbocycles. The lowest BCUT2D eigenvalue weighted by Gasteiger charge is -2.50. The number of hydrogen-bond acceptors (Lipinski definition) is 10. The van der Waals surface area contributed by atoms with Crippen molar-refractivity contribution >= 4 is 28.7 Å². The zero-order chi connectivity index (χ0) is 28.6. The van der Waals surface area contributed by atoms with Crippen LogP contribution >= 0.6 is 11.6 Å². The van der Waals surface area contributed by atoms with E-state index in [4.69, 9.17) is 36.5 Å². The molecule has 3 aliphatic heterocycles. The Labute approximate surface area is 240 Å². The van der Waals surface area contributed by atoms with Crippen molar-refractivity contribution in [1.29, 1.82) is 5.41 Å². The molecular weight excluding hydrogens is 532 g/mol. The number of aliphatic hydroxyl groups is 2. The van der Waals surface area contributed by atoms with Gasteiger partial charge in [0.15, 0.2) is 5.82 Å². The summed E-state index contributed by atoms with van der Waals surface area (Å²) in [6.45, 7) is 11.3. The highest BCUT2D eigenvalue weighted by molar-refractivity contribution is 6.33. The summed E-state index contributed by atoms with van der Waals surface area (Å²) in [6, 6.07) is 5.79. The van der Waals surface area contributed by atoms with Crippen LogP contribution in [0.5, 0.6) is 5.75 Å². The molecule has 3 fully saturated rings. The summed E-state index contributed by atoms with van der Waals surface area (Å²) in [5.74, 6) is 1.74. The van der Waals surface area contributed by atoms with Gasteiger partial charge >= 0.3 is 0 Å². The molecule has 1 spiro atoms. The highest BCUT2D eigenvalue weighted by atomic mass is 35.5. The number of benzene rings is 1. The monoisotopic (exact) mass is 570 g/mol. The van der Waals surface area contributed by atoms with Gasteiger partial charge in [-0.2, -0.15) is 0 Å². The van der Waals surface area contributed by atoms with Gasteiger partial charge in [-0.05, 0) is 59.0 Å². The molecule has 5 rings (SSSR count). The number of allylic oxidation sites excluding steroid dienone is 2. The lowest BCUT2D eigenvalue weighted by molar-refractivity contribution is -0.0609. The summed E-state index contributed by atoms with van der Waals surface area (Å²) in [5, 5.41) is 32.3. The van der Waals surface area contributed by atoms with Gasteiger partial charge in [0.05, 0.1) is 35.5 Å². The summed E-state index contributed by atoms with van der Waals surface area (Å²) in [4.78, 5) is 14.7. The number of anilines is 1. The van der Waals surface area contributed by atoms with E-state index < -0.39 is 6.10 Å². The number of ether oxygens (including phenoxy) is 2. The smallest absolute Gasteiger partial charge is 0.163 e. The van der Waals surface area contributed by atoms with Crippen LogP contribution in [0.2, 0.25) is 5.02 Å². The van der Waals surface area contributed by atoms with E-state index in [9.17, 15) is 10.2 Å². The summed E-state index contributed by atoms with van der Waals surface area (Å²) in [5.41, 5.74) is 2.74. The highest BCUT2D eigenvalue weighted by Gasteiger charge is 2.50. The van der Waals surface area contributed by atoms with Crippen LogP contribution in [0, 0.1) is 17.7 Å². The Hall–Kier alpha value is -2.76. The normalized spacial score (nSPS) is 20.2. The number of likely N-dealkylation sites (N-methyl/N-ethyl adjacent to an activating group) is 1. The van der Waals surface area contributed by atoms with Crippen molar-refractivity contribution in [3.8, 4) is 17.1 Å². The van der Waals surface area contributed by atoms with E-state index in [1.54, 1.807) is 39.1 Å². The summed E-state index contributed by atoms with van der Waals surface area (Å²) < 4.78 is 11.2. The fourth-order valence-corrected chi connectivity index (χ4v) is 6.14. The maximum atomic E-state index is 10.5. The second kappa shape index (κ2) is 11.6. The zero-order valence-electron chi connectivity index (χ0n) is 23.6. The third-order valence-corrected chi connectivity index (χ3v) is 8.44. The second-order valence-corrected chi connectivity index (χ2v) is 11.8. The van der Waals surface area contributed by atoms with Gasteiger partial charge in [-0.3, -0.25) is 4.90 Å². The molecule has 0 amide bonds. The molecule has 0 unspecified atom stereocenters. The molecule has 3 saturated heterocycles. The summed E-state index contributed by atoms with van der Waals surface area (Å²) in [6.07, 6.45) is 0.491. The molecule has 216 valence electrons. The first-order valence-electron chi connectivity index (χ1n) is 13.8. The minimum absolute atomic E-state index is 0.0298. The van der Waals surface area contributed by atoms with Crippen molar-refractivity contribution in [1.82, 2.24) is 20.2 Å². The van der Waals surface area contributed by atoms with Crippen LogP contribution in [0.15, 0.2) is 24.0 Å². The first-order valence-corrected chi connectivity index (χ1v) is 14.1. The third kappa shape index (κ3) is 5.69. The van der Waals surface area contributed by atoms with Gasteiger partial charge in [0.1, 0.15) is 30.0 Å². The Morgan fingerprint density at radius 1 is 1.27 bits per heavy atom. The number of rotatable bonds is 10. The molecule has 1 atom stereocenters. The van der Waals surface area contributed by atoms with Crippen LogP contribution in [0.1, 0.15) is 31.5 Å². The molecule has 0 bridgehead atoms. The molecule has 11 heteroatoms. The number of aliphatic hydroxyl groups excluding tert-OH is 2. The van der Waals surface area contributed by atoms with E-state index >= 15 is 0 Å². The van der Waals surface area contributed by atoms with E-state index in [0.29, 0.717) is 46.0 Å². The molecular formula is C29H39ClN6O4. The molecule has 1 aromatic carbocycles. The number of aromatic nitrogens is 2. The van der Waals surface area contributed by atoms with Gasteiger partial charge in [0.25, 0.3) is 0 Å². The van der Waals surface area contributed by atoms with Gasteiger partial charge in [-0.15, -0.1) is 0 Å². The Kier molecular flexibility index (Phi) is 8.35. The molecule has 4 heterocycles. The fraction of sp³-hybridized carbons (Fsp3) is 0.552. The Morgan fingerprint density at radius 2 is 2.02 bits per heavy atom. The Morgan fingerprint density at radius 3 is 2.65 bits per heavy atom. The van der Waals surface area contributed by atoms with E-state index in [-0.39, 0.29) is 23.5 Å². The van der Waals surface area contributed by atoms with E-state index in [1.807, 2.05) is 6.92 Å². The van der Waals surface area contributed by atoms with E-state index in [1.165, 1.54) is 0 Å². The number of halogens is 1. The number of nitrogens with one attached hydrogen (secondary N) is 2. The van der Waals surface area contributed by atoms with Gasteiger partial charge in [-0.1, -0.05) is 11.6 Å². The van der Waals surface area contributed by atoms with E-state index in [0.717, 1.165) is 57.2 Å². The predicted octanol–water partition coefficient (Wildman–Crippen LogP) is 3.30. The molecule has 1 aromatic heterocycles. The van der Waals surface area contributed by atoms with E-state index in [2.05, 4.69) is 15.1 Å². The van der Waals surface area contributed by atoms with Crippen LogP contribution in [0.3, 0.4) is 0 Å². The first kappa shape index (κ1) is 28.8. The second-order valence-electron chi connectivity index (χ2n) is 11.4. The quantitative estimate of drug-likeness (QED) is 0.251. The van der Waals surface area contributed by atoms with Crippen LogP contribution in [0.4, 0.5) is 5.82 Å². The van der Waals surface area contributed by atoms with Crippen molar-refractivity contribution in [2.75, 3.05) is 64.5 Å². The maximum absolute atomic E-state index is 10.5. The van der Waals surface area contributed by atoms with Crippen molar-refractivity contribution < 1.29 is 19.7 Å².